The van der Waals surface area contributed by atoms with Gasteiger partial charge in [0.25, 0.3) is 5.91 Å². The predicted molar refractivity (Wildman–Crippen MR) is 145 cm³/mol. The van der Waals surface area contributed by atoms with E-state index in [-0.39, 0.29) is 11.7 Å². The maximum Gasteiger partial charge on any atom is 0.259 e. The van der Waals surface area contributed by atoms with Gasteiger partial charge in [-0.25, -0.2) is 0 Å². The van der Waals surface area contributed by atoms with E-state index in [0.29, 0.717) is 12.1 Å². The monoisotopic (exact) mass is 481 g/mol. The van der Waals surface area contributed by atoms with E-state index in [1.807, 2.05) is 73.7 Å². The number of anilines is 2. The van der Waals surface area contributed by atoms with Crippen LogP contribution < -0.4 is 15.0 Å². The molecule has 184 valence electrons. The molecular weight excluding hydrogens is 450 g/mol. The summed E-state index contributed by atoms with van der Waals surface area (Å²) in [5, 5.41) is 16.2. The lowest BCUT2D eigenvalue weighted by Gasteiger charge is -2.37. The van der Waals surface area contributed by atoms with Crippen molar-refractivity contribution in [3.8, 4) is 11.5 Å². The van der Waals surface area contributed by atoms with Gasteiger partial charge in [-0.2, -0.15) is 0 Å². The summed E-state index contributed by atoms with van der Waals surface area (Å²) in [6.07, 6.45) is 0. The van der Waals surface area contributed by atoms with Gasteiger partial charge in [0.1, 0.15) is 11.5 Å². The van der Waals surface area contributed by atoms with E-state index >= 15 is 0 Å². The summed E-state index contributed by atoms with van der Waals surface area (Å²) < 4.78 is 5.54. The summed E-state index contributed by atoms with van der Waals surface area (Å²) in [5.74, 6) is 0.615. The largest absolute Gasteiger partial charge is 0.507 e. The van der Waals surface area contributed by atoms with E-state index in [4.69, 9.17) is 4.74 Å². The maximum atomic E-state index is 13.2. The van der Waals surface area contributed by atoms with Crippen LogP contribution in [0.2, 0.25) is 0 Å². The van der Waals surface area contributed by atoms with Crippen LogP contribution in [0.4, 0.5) is 11.4 Å². The lowest BCUT2D eigenvalue weighted by atomic mass is 9.98. The first-order chi connectivity index (χ1) is 17.5. The van der Waals surface area contributed by atoms with E-state index in [9.17, 15) is 9.90 Å². The number of phenols is 1. The second kappa shape index (κ2) is 10.3. The molecule has 5 rings (SSSR count). The van der Waals surface area contributed by atoms with Crippen LogP contribution >= 0.6 is 0 Å². The van der Waals surface area contributed by atoms with Crippen LogP contribution in [0.1, 0.15) is 21.5 Å². The highest BCUT2D eigenvalue weighted by atomic mass is 16.5. The van der Waals surface area contributed by atoms with Crippen molar-refractivity contribution in [2.24, 2.45) is 0 Å². The topological polar surface area (TPSA) is 65.0 Å². The van der Waals surface area contributed by atoms with Gasteiger partial charge in [0.2, 0.25) is 0 Å². The molecule has 1 fully saturated rings. The van der Waals surface area contributed by atoms with Crippen molar-refractivity contribution < 1.29 is 14.6 Å². The van der Waals surface area contributed by atoms with E-state index in [1.54, 1.807) is 13.2 Å². The van der Waals surface area contributed by atoms with Crippen LogP contribution in [0, 0.1) is 6.92 Å². The molecule has 1 aliphatic rings. The molecule has 0 aromatic heterocycles. The second-order valence-electron chi connectivity index (χ2n) is 9.18. The summed E-state index contributed by atoms with van der Waals surface area (Å²) in [7, 11) is 1.70. The molecule has 6 nitrogen and oxygen atoms in total. The van der Waals surface area contributed by atoms with Gasteiger partial charge in [-0.15, -0.1) is 0 Å². The second-order valence-corrected chi connectivity index (χ2v) is 9.18. The van der Waals surface area contributed by atoms with Crippen molar-refractivity contribution in [1.29, 1.82) is 0 Å². The Hall–Kier alpha value is -4.03. The zero-order valence-corrected chi connectivity index (χ0v) is 20.7. The molecule has 1 saturated heterocycles. The van der Waals surface area contributed by atoms with Gasteiger partial charge >= 0.3 is 0 Å². The average molecular weight is 482 g/mol. The molecule has 2 N–H and O–H groups in total. The normalized spacial score (nSPS) is 14.1. The third-order valence-corrected chi connectivity index (χ3v) is 6.94. The van der Waals surface area contributed by atoms with Gasteiger partial charge in [0, 0.05) is 44.0 Å². The van der Waals surface area contributed by atoms with Gasteiger partial charge in [-0.3, -0.25) is 9.69 Å². The number of methoxy groups -OCH3 is 1. The molecule has 36 heavy (non-hydrogen) atoms. The number of nitrogens with zero attached hydrogens (tertiary/aromatic N) is 2. The number of hydrogen-bond donors (Lipinski definition) is 2. The Labute approximate surface area is 211 Å². The van der Waals surface area contributed by atoms with Gasteiger partial charge in [0.15, 0.2) is 0 Å². The molecule has 1 amide bonds. The number of piperazine rings is 1. The lowest BCUT2D eigenvalue weighted by molar-refractivity contribution is 0.102. The molecule has 0 unspecified atom stereocenters. The molecule has 0 aliphatic carbocycles. The number of aryl methyl sites for hydroxylation is 1. The van der Waals surface area contributed by atoms with Crippen molar-refractivity contribution in [3.63, 3.8) is 0 Å². The number of carbonyl (C=O) groups is 1. The fourth-order valence-corrected chi connectivity index (χ4v) is 4.91. The van der Waals surface area contributed by atoms with Crippen LogP contribution in [0.5, 0.6) is 11.5 Å². The number of amides is 1. The summed E-state index contributed by atoms with van der Waals surface area (Å²) >= 11 is 0. The Kier molecular flexibility index (Phi) is 6.78. The number of hydrogen-bond acceptors (Lipinski definition) is 5. The summed E-state index contributed by atoms with van der Waals surface area (Å²) in [5.41, 5.74) is 3.89. The Bertz CT molecular complexity index is 1390. The molecule has 4 aromatic rings. The van der Waals surface area contributed by atoms with Gasteiger partial charge in [-0.1, -0.05) is 54.6 Å². The van der Waals surface area contributed by atoms with E-state index in [1.165, 1.54) is 0 Å². The quantitative estimate of drug-likeness (QED) is 0.384. The number of carbonyl (C=O) groups excluding carboxylic acids is 1. The van der Waals surface area contributed by atoms with Crippen molar-refractivity contribution >= 4 is 28.1 Å². The number of phenolic OH excluding ortho intramolecular Hbond substituents is 1. The molecule has 1 aliphatic heterocycles. The first-order valence-electron chi connectivity index (χ1n) is 12.3. The highest BCUT2D eigenvalue weighted by Crippen LogP contribution is 2.34. The molecule has 1 heterocycles. The number of aromatic hydroxyl groups is 1. The number of benzene rings is 4. The summed E-state index contributed by atoms with van der Waals surface area (Å²) in [4.78, 5) is 17.9. The fraction of sp³-hybridized carbons (Fsp3) is 0.233. The highest BCUT2D eigenvalue weighted by Gasteiger charge is 2.24. The molecule has 0 bridgehead atoms. The van der Waals surface area contributed by atoms with Gasteiger partial charge in [0.05, 0.1) is 18.4 Å². The van der Waals surface area contributed by atoms with Crippen molar-refractivity contribution in [1.82, 2.24) is 4.90 Å². The third kappa shape index (κ3) is 4.72. The number of para-hydroxylation sites is 3. The highest BCUT2D eigenvalue weighted by molar-refractivity contribution is 6.09. The number of rotatable bonds is 6. The molecule has 0 atom stereocenters. The molecule has 6 heteroatoms. The Balaban J connectivity index is 1.39. The Morgan fingerprint density at radius 1 is 0.944 bits per heavy atom. The van der Waals surface area contributed by atoms with Crippen molar-refractivity contribution in [2.75, 3.05) is 43.5 Å². The number of fused-ring (bicyclic) bond motifs is 1. The minimum absolute atomic E-state index is 0.0481. The molecule has 0 saturated carbocycles. The standard InChI is InChI=1S/C30H31N3O3/c1-21-9-3-6-12-26(21)31-30(35)24-19-22-10-4-5-11-23(22)25(29(24)34)20-32-15-17-33(18-16-32)27-13-7-8-14-28(27)36-2/h3-14,19,34H,15-18,20H2,1-2H3,(H,31,35). The van der Waals surface area contributed by atoms with E-state index in [0.717, 1.165) is 65.2 Å². The molecule has 0 spiro atoms. The smallest absolute Gasteiger partial charge is 0.259 e. The Morgan fingerprint density at radius 3 is 2.42 bits per heavy atom. The average Bonchev–Trinajstić information content (AvgIpc) is 2.91. The van der Waals surface area contributed by atoms with Crippen LogP contribution in [0.3, 0.4) is 0 Å². The molecular formula is C30H31N3O3. The number of ether oxygens (including phenoxy) is 1. The van der Waals surface area contributed by atoms with Crippen LogP contribution in [0.25, 0.3) is 10.8 Å². The van der Waals surface area contributed by atoms with E-state index in [2.05, 4.69) is 21.2 Å². The van der Waals surface area contributed by atoms with Gasteiger partial charge < -0.3 is 20.1 Å². The van der Waals surface area contributed by atoms with Crippen molar-refractivity contribution in [3.05, 3.63) is 95.6 Å². The molecule has 4 aromatic carbocycles. The minimum Gasteiger partial charge on any atom is -0.507 e. The molecule has 0 radical (unpaired) electrons. The zero-order chi connectivity index (χ0) is 25.1. The number of nitrogens with one attached hydrogen (secondary N) is 1. The predicted octanol–water partition coefficient (Wildman–Crippen LogP) is 5.44. The van der Waals surface area contributed by atoms with Crippen LogP contribution in [-0.2, 0) is 6.54 Å². The van der Waals surface area contributed by atoms with Crippen LogP contribution in [0.15, 0.2) is 78.9 Å². The third-order valence-electron chi connectivity index (χ3n) is 6.94. The lowest BCUT2D eigenvalue weighted by Crippen LogP contribution is -2.46. The van der Waals surface area contributed by atoms with Crippen molar-refractivity contribution in [2.45, 2.75) is 13.5 Å². The van der Waals surface area contributed by atoms with E-state index < -0.39 is 0 Å². The first kappa shape index (κ1) is 23.7. The SMILES string of the molecule is COc1ccccc1N1CCN(Cc2c(O)c(C(=O)Nc3ccccc3C)cc3ccccc23)CC1. The van der Waals surface area contributed by atoms with Gasteiger partial charge in [-0.05, 0) is 47.5 Å². The maximum absolute atomic E-state index is 13.2. The summed E-state index contributed by atoms with van der Waals surface area (Å²) in [6.45, 7) is 5.90. The fourth-order valence-electron chi connectivity index (χ4n) is 4.91. The summed E-state index contributed by atoms with van der Waals surface area (Å²) in [6, 6.07) is 25.4. The zero-order valence-electron chi connectivity index (χ0n) is 20.7. The Morgan fingerprint density at radius 2 is 1.64 bits per heavy atom. The first-order valence-corrected chi connectivity index (χ1v) is 12.3. The minimum atomic E-state index is -0.310. The van der Waals surface area contributed by atoms with Crippen LogP contribution in [-0.4, -0.2) is 49.2 Å².